The van der Waals surface area contributed by atoms with E-state index in [1.54, 1.807) is 0 Å². The molecule has 2 rings (SSSR count). The molecule has 9 nitrogen and oxygen atoms in total. The maximum atomic E-state index is 10.6. The van der Waals surface area contributed by atoms with E-state index in [2.05, 4.69) is 9.97 Å². The molecule has 2 aromatic rings. The van der Waals surface area contributed by atoms with Gasteiger partial charge in [-0.2, -0.15) is 9.97 Å². The molecule has 0 saturated carbocycles. The van der Waals surface area contributed by atoms with Crippen LogP contribution in [0.25, 0.3) is 0 Å². The van der Waals surface area contributed by atoms with E-state index in [1.807, 2.05) is 0 Å². The Balaban J connectivity index is 2.19. The fraction of sp³-hybridized carbons (Fsp3) is 0. The van der Waals surface area contributed by atoms with Crippen molar-refractivity contribution in [3.8, 4) is 11.8 Å². The molecule has 0 bridgehead atoms. The number of aromatic nitrogens is 2. The fourth-order valence-corrected chi connectivity index (χ4v) is 1.22. The molecule has 0 aliphatic carbocycles. The van der Waals surface area contributed by atoms with Gasteiger partial charge in [0.15, 0.2) is 0 Å². The summed E-state index contributed by atoms with van der Waals surface area (Å²) in [6.07, 6.45) is 1.97. The highest BCUT2D eigenvalue weighted by Crippen LogP contribution is 2.23. The van der Waals surface area contributed by atoms with Crippen molar-refractivity contribution in [1.82, 2.24) is 9.97 Å². The quantitative estimate of drug-likeness (QED) is 0.610. The molecule has 1 heterocycles. The average molecular weight is 262 g/mol. The molecule has 0 spiro atoms. The van der Waals surface area contributed by atoms with Gasteiger partial charge in [-0.25, -0.2) is 0 Å². The largest absolute Gasteiger partial charge is 0.424 e. The first-order chi connectivity index (χ1) is 9.06. The Morgan fingerprint density at radius 3 is 2.21 bits per heavy atom. The summed E-state index contributed by atoms with van der Waals surface area (Å²) in [5, 5.41) is 21.0. The lowest BCUT2D eigenvalue weighted by Gasteiger charge is -2.02. The Bertz CT molecular complexity index is 628. The zero-order valence-corrected chi connectivity index (χ0v) is 9.29. The molecule has 0 unspecified atom stereocenters. The second-order valence-corrected chi connectivity index (χ2v) is 3.34. The molecule has 0 fully saturated rings. The minimum absolute atomic E-state index is 0.133. The van der Waals surface area contributed by atoms with E-state index >= 15 is 0 Å². The summed E-state index contributed by atoms with van der Waals surface area (Å²) in [7, 11) is 0. The zero-order valence-electron chi connectivity index (χ0n) is 9.29. The first-order valence-corrected chi connectivity index (χ1v) is 4.95. The van der Waals surface area contributed by atoms with Crippen LogP contribution < -0.4 is 4.74 Å². The van der Waals surface area contributed by atoms with Crippen molar-refractivity contribution in [3.63, 3.8) is 0 Å². The molecular formula is C10H6N4O5. The van der Waals surface area contributed by atoms with Crippen molar-refractivity contribution in [2.45, 2.75) is 0 Å². The fourth-order valence-electron chi connectivity index (χ4n) is 1.22. The minimum atomic E-state index is -0.642. The van der Waals surface area contributed by atoms with E-state index < -0.39 is 9.85 Å². The Hall–Kier alpha value is -3.10. The number of rotatable bonds is 4. The Labute approximate surface area is 105 Å². The van der Waals surface area contributed by atoms with Gasteiger partial charge in [0, 0.05) is 6.07 Å². The lowest BCUT2D eigenvalue weighted by atomic mass is 10.3. The molecule has 19 heavy (non-hydrogen) atoms. The van der Waals surface area contributed by atoms with Crippen molar-refractivity contribution in [3.05, 3.63) is 56.9 Å². The number of nitro benzene ring substituents is 1. The number of nitro groups is 2. The molecule has 1 aromatic heterocycles. The van der Waals surface area contributed by atoms with Crippen LogP contribution in [0, 0.1) is 20.2 Å². The van der Waals surface area contributed by atoms with Crippen molar-refractivity contribution in [2.24, 2.45) is 0 Å². The maximum Gasteiger partial charge on any atom is 0.322 e. The van der Waals surface area contributed by atoms with Crippen LogP contribution in [0.1, 0.15) is 0 Å². The third-order valence-electron chi connectivity index (χ3n) is 2.06. The van der Waals surface area contributed by atoms with Crippen LogP contribution in [-0.2, 0) is 0 Å². The highest BCUT2D eigenvalue weighted by Gasteiger charge is 2.10. The summed E-state index contributed by atoms with van der Waals surface area (Å²) in [5.74, 6) is 0.169. The molecule has 0 amide bonds. The van der Waals surface area contributed by atoms with Crippen molar-refractivity contribution < 1.29 is 14.6 Å². The summed E-state index contributed by atoms with van der Waals surface area (Å²) >= 11 is 0. The molecule has 0 atom stereocenters. The topological polar surface area (TPSA) is 121 Å². The second-order valence-electron chi connectivity index (χ2n) is 3.34. The highest BCUT2D eigenvalue weighted by atomic mass is 16.6. The van der Waals surface area contributed by atoms with Crippen molar-refractivity contribution >= 4 is 11.4 Å². The van der Waals surface area contributed by atoms with E-state index in [0.29, 0.717) is 0 Å². The molecule has 96 valence electrons. The van der Waals surface area contributed by atoms with Crippen LogP contribution in [0.15, 0.2) is 36.7 Å². The number of hydrogen-bond acceptors (Lipinski definition) is 7. The van der Waals surface area contributed by atoms with Gasteiger partial charge in [0.2, 0.25) is 0 Å². The predicted octanol–water partition coefficient (Wildman–Crippen LogP) is 2.09. The molecular weight excluding hydrogens is 256 g/mol. The summed E-state index contributed by atoms with van der Waals surface area (Å²) < 4.78 is 5.15. The number of benzene rings is 1. The summed E-state index contributed by atoms with van der Waals surface area (Å²) in [5.41, 5.74) is -0.411. The molecule has 0 saturated heterocycles. The lowest BCUT2D eigenvalue weighted by Crippen LogP contribution is -1.95. The number of non-ortho nitro benzene ring substituents is 1. The molecule has 0 aliphatic heterocycles. The third-order valence-corrected chi connectivity index (χ3v) is 2.06. The van der Waals surface area contributed by atoms with Gasteiger partial charge in [0.1, 0.15) is 18.1 Å². The number of hydrogen-bond donors (Lipinski definition) is 0. The number of ether oxygens (including phenoxy) is 1. The van der Waals surface area contributed by atoms with Gasteiger partial charge in [-0.15, -0.1) is 0 Å². The standard InChI is InChI=1S/C10H6N4O5/c15-13(16)7-2-1-3-9(4-7)19-10-11-5-8(6-12-10)14(17)18/h1-6H. The Morgan fingerprint density at radius 1 is 1.00 bits per heavy atom. The second kappa shape index (κ2) is 5.04. The normalized spacial score (nSPS) is 9.89. The molecule has 1 aromatic carbocycles. The molecule has 0 aliphatic rings. The van der Waals surface area contributed by atoms with Gasteiger partial charge in [-0.3, -0.25) is 20.2 Å². The minimum Gasteiger partial charge on any atom is -0.424 e. The summed E-state index contributed by atoms with van der Waals surface area (Å²) in [6.45, 7) is 0. The molecule has 9 heteroatoms. The summed E-state index contributed by atoms with van der Waals surface area (Å²) in [4.78, 5) is 27.0. The van der Waals surface area contributed by atoms with Crippen LogP contribution >= 0.6 is 0 Å². The zero-order chi connectivity index (χ0) is 13.8. The van der Waals surface area contributed by atoms with Gasteiger partial charge < -0.3 is 4.74 Å². The van der Waals surface area contributed by atoms with Crippen LogP contribution in [0.2, 0.25) is 0 Å². The van der Waals surface area contributed by atoms with Crippen molar-refractivity contribution in [2.75, 3.05) is 0 Å². The Morgan fingerprint density at radius 2 is 1.63 bits per heavy atom. The van der Waals surface area contributed by atoms with Gasteiger partial charge in [0.05, 0.1) is 15.9 Å². The van der Waals surface area contributed by atoms with Gasteiger partial charge >= 0.3 is 11.7 Å². The van der Waals surface area contributed by atoms with Crippen LogP contribution in [0.4, 0.5) is 11.4 Å². The molecule has 0 N–H and O–H groups in total. The van der Waals surface area contributed by atoms with E-state index in [4.69, 9.17) is 4.74 Å². The van der Waals surface area contributed by atoms with Gasteiger partial charge in [0.25, 0.3) is 5.69 Å². The number of nitrogens with zero attached hydrogens (tertiary/aromatic N) is 4. The van der Waals surface area contributed by atoms with Crippen LogP contribution in [-0.4, -0.2) is 19.8 Å². The molecule has 0 radical (unpaired) electrons. The lowest BCUT2D eigenvalue weighted by molar-refractivity contribution is -0.385. The van der Waals surface area contributed by atoms with E-state index in [0.717, 1.165) is 12.4 Å². The average Bonchev–Trinajstić information content (AvgIpc) is 2.39. The van der Waals surface area contributed by atoms with Crippen LogP contribution in [0.3, 0.4) is 0 Å². The first kappa shape index (κ1) is 12.4. The van der Waals surface area contributed by atoms with Gasteiger partial charge in [-0.1, -0.05) is 6.07 Å². The monoisotopic (exact) mass is 262 g/mol. The van der Waals surface area contributed by atoms with E-state index in [9.17, 15) is 20.2 Å². The smallest absolute Gasteiger partial charge is 0.322 e. The van der Waals surface area contributed by atoms with E-state index in [-0.39, 0.29) is 23.1 Å². The Kier molecular flexibility index (Phi) is 3.28. The summed E-state index contributed by atoms with van der Waals surface area (Å²) in [6, 6.07) is 5.30. The maximum absolute atomic E-state index is 10.6. The van der Waals surface area contributed by atoms with E-state index in [1.165, 1.54) is 24.3 Å². The van der Waals surface area contributed by atoms with Crippen LogP contribution in [0.5, 0.6) is 11.8 Å². The SMILES string of the molecule is O=[N+]([O-])c1cnc(Oc2cccc([N+](=O)[O-])c2)nc1. The predicted molar refractivity (Wildman–Crippen MR) is 61.9 cm³/mol. The van der Waals surface area contributed by atoms with Crippen molar-refractivity contribution in [1.29, 1.82) is 0 Å². The first-order valence-electron chi connectivity index (χ1n) is 4.95. The highest BCUT2D eigenvalue weighted by molar-refractivity contribution is 5.39. The third kappa shape index (κ3) is 2.97. The van der Waals surface area contributed by atoms with Gasteiger partial charge in [-0.05, 0) is 6.07 Å².